The van der Waals surface area contributed by atoms with Crippen molar-refractivity contribution in [1.29, 1.82) is 0 Å². The van der Waals surface area contributed by atoms with E-state index in [1.807, 2.05) is 0 Å². The molecule has 84 valence electrons. The van der Waals surface area contributed by atoms with E-state index in [-0.39, 0.29) is 17.7 Å². The van der Waals surface area contributed by atoms with Gasteiger partial charge in [0.25, 0.3) is 0 Å². The van der Waals surface area contributed by atoms with Crippen molar-refractivity contribution < 1.29 is 9.47 Å². The van der Waals surface area contributed by atoms with Gasteiger partial charge < -0.3 is 9.47 Å². The molecule has 0 N–H and O–H groups in total. The molecule has 2 aliphatic rings. The van der Waals surface area contributed by atoms with Crippen LogP contribution >= 0.6 is 0 Å². The van der Waals surface area contributed by atoms with Gasteiger partial charge >= 0.3 is 0 Å². The van der Waals surface area contributed by atoms with E-state index in [1.165, 1.54) is 0 Å². The second kappa shape index (κ2) is 3.78. The minimum Gasteiger partial charge on any atom is -0.376 e. The lowest BCUT2D eigenvalue weighted by atomic mass is 9.74. The zero-order valence-electron chi connectivity index (χ0n) is 10.2. The Labute approximate surface area is 94.1 Å². The molecule has 2 nitrogen and oxygen atoms in total. The Morgan fingerprint density at radius 3 is 2.47 bits per heavy atom. The van der Waals surface area contributed by atoms with E-state index >= 15 is 0 Å². The molecule has 4 atom stereocenters. The summed E-state index contributed by atoms with van der Waals surface area (Å²) < 4.78 is 11.8. The van der Waals surface area contributed by atoms with E-state index in [1.54, 1.807) is 0 Å². The Kier molecular flexibility index (Phi) is 2.89. The largest absolute Gasteiger partial charge is 0.376 e. The van der Waals surface area contributed by atoms with Crippen molar-refractivity contribution in [3.63, 3.8) is 0 Å². The van der Waals surface area contributed by atoms with Gasteiger partial charge in [-0.1, -0.05) is 27.7 Å². The number of ether oxygens (including phenoxy) is 2. The number of hydrogen-bond donors (Lipinski definition) is 0. The van der Waals surface area contributed by atoms with Crippen LogP contribution in [0.5, 0.6) is 0 Å². The Bertz CT molecular complexity index is 242. The first kappa shape index (κ1) is 11.5. The maximum atomic E-state index is 5.99. The van der Waals surface area contributed by atoms with E-state index in [9.17, 15) is 0 Å². The highest BCUT2D eigenvalue weighted by Crippen LogP contribution is 2.50. The van der Waals surface area contributed by atoms with Crippen molar-refractivity contribution in [3.05, 3.63) is 0 Å². The van der Waals surface area contributed by atoms with Crippen LogP contribution in [0.2, 0.25) is 0 Å². The van der Waals surface area contributed by atoms with E-state index in [4.69, 9.17) is 17.3 Å². The van der Waals surface area contributed by atoms with Crippen molar-refractivity contribution in [2.24, 2.45) is 17.8 Å². The lowest BCUT2D eigenvalue weighted by molar-refractivity contribution is -0.122. The summed E-state index contributed by atoms with van der Waals surface area (Å²) in [6.07, 6.45) is 1.17. The number of fused-ring (bicyclic) bond motifs is 2. The average Bonchev–Trinajstić information content (AvgIpc) is 2.53. The molecule has 0 saturated carbocycles. The molecule has 0 aromatic carbocycles. The first-order valence-electron chi connectivity index (χ1n) is 6.01. The molecule has 1 unspecified atom stereocenters. The monoisotopic (exact) mass is 208 g/mol. The Morgan fingerprint density at radius 1 is 1.33 bits per heavy atom. The van der Waals surface area contributed by atoms with Gasteiger partial charge in [0.15, 0.2) is 0 Å². The van der Waals surface area contributed by atoms with Gasteiger partial charge in [0.1, 0.15) is 7.85 Å². The quantitative estimate of drug-likeness (QED) is 0.660. The van der Waals surface area contributed by atoms with Crippen LogP contribution in [0.15, 0.2) is 0 Å². The molecule has 2 bridgehead atoms. The minimum absolute atomic E-state index is 0.105. The second-order valence-corrected chi connectivity index (χ2v) is 5.79. The summed E-state index contributed by atoms with van der Waals surface area (Å²) in [5.74, 6) is 1.67. The Morgan fingerprint density at radius 2 is 2.00 bits per heavy atom. The van der Waals surface area contributed by atoms with Gasteiger partial charge in [0, 0.05) is 11.9 Å². The molecule has 2 aliphatic heterocycles. The van der Waals surface area contributed by atoms with Crippen LogP contribution in [-0.4, -0.2) is 32.2 Å². The fourth-order valence-corrected chi connectivity index (χ4v) is 3.41. The molecule has 15 heavy (non-hydrogen) atoms. The maximum absolute atomic E-state index is 5.99. The highest BCUT2D eigenvalue weighted by molar-refractivity contribution is 6.11. The van der Waals surface area contributed by atoms with Crippen LogP contribution in [-0.2, 0) is 9.47 Å². The summed E-state index contributed by atoms with van der Waals surface area (Å²) in [4.78, 5) is 0. The van der Waals surface area contributed by atoms with Crippen molar-refractivity contribution in [1.82, 2.24) is 0 Å². The van der Waals surface area contributed by atoms with E-state index in [0.29, 0.717) is 17.8 Å². The van der Waals surface area contributed by atoms with Crippen molar-refractivity contribution in [2.75, 3.05) is 6.61 Å². The van der Waals surface area contributed by atoms with Crippen LogP contribution in [0.4, 0.5) is 0 Å². The van der Waals surface area contributed by atoms with Gasteiger partial charge in [-0.05, 0) is 18.3 Å². The molecular formula is C12H21BO2. The van der Waals surface area contributed by atoms with Crippen LogP contribution in [0.25, 0.3) is 0 Å². The molecular weight excluding hydrogens is 187 g/mol. The van der Waals surface area contributed by atoms with E-state index in [0.717, 1.165) is 13.0 Å². The summed E-state index contributed by atoms with van der Waals surface area (Å²) >= 11 is 0. The molecule has 0 aliphatic carbocycles. The predicted molar refractivity (Wildman–Crippen MR) is 60.9 cm³/mol. The molecule has 2 fully saturated rings. The third-order valence-corrected chi connectivity index (χ3v) is 3.65. The molecule has 0 amide bonds. The van der Waals surface area contributed by atoms with Gasteiger partial charge in [-0.2, -0.15) is 0 Å². The van der Waals surface area contributed by atoms with Gasteiger partial charge in [0.05, 0.1) is 18.3 Å². The van der Waals surface area contributed by atoms with Gasteiger partial charge in [-0.3, -0.25) is 0 Å². The van der Waals surface area contributed by atoms with Crippen LogP contribution in [0, 0.1) is 17.8 Å². The fourth-order valence-electron chi connectivity index (χ4n) is 3.41. The first-order valence-corrected chi connectivity index (χ1v) is 6.01. The molecule has 2 rings (SSSR count). The van der Waals surface area contributed by atoms with Crippen LogP contribution in [0.1, 0.15) is 34.1 Å². The number of hydrogen-bond acceptors (Lipinski definition) is 2. The average molecular weight is 208 g/mol. The normalized spacial score (nSPS) is 44.5. The predicted octanol–water partition coefficient (Wildman–Crippen LogP) is 1.97. The lowest BCUT2D eigenvalue weighted by Crippen LogP contribution is -2.41. The third-order valence-electron chi connectivity index (χ3n) is 3.65. The summed E-state index contributed by atoms with van der Waals surface area (Å²) in [5, 5.41) is 0. The highest BCUT2D eigenvalue weighted by atomic mass is 16.6. The summed E-state index contributed by atoms with van der Waals surface area (Å²) in [6, 6.07) is -0.218. The summed E-state index contributed by atoms with van der Waals surface area (Å²) in [7, 11) is 5.96. The molecule has 3 heteroatoms. The molecule has 2 radical (unpaired) electrons. The minimum atomic E-state index is -0.218. The summed E-state index contributed by atoms with van der Waals surface area (Å²) in [6.45, 7) is 9.66. The van der Waals surface area contributed by atoms with Crippen molar-refractivity contribution >= 4 is 7.85 Å². The Balaban J connectivity index is 2.21. The topological polar surface area (TPSA) is 18.5 Å². The smallest absolute Gasteiger partial charge is 0.112 e. The maximum Gasteiger partial charge on any atom is 0.112 e. The zero-order valence-corrected chi connectivity index (χ0v) is 10.2. The lowest BCUT2D eigenvalue weighted by Gasteiger charge is -2.34. The van der Waals surface area contributed by atoms with Crippen molar-refractivity contribution in [3.8, 4) is 0 Å². The molecule has 2 saturated heterocycles. The number of rotatable bonds is 3. The SMILES string of the molecule is [B][C@@H]1O[C@@]2(CC(C)C)COC1[C@H]2C(C)C. The molecule has 2 heterocycles. The van der Waals surface area contributed by atoms with Gasteiger partial charge in [0.2, 0.25) is 0 Å². The standard InChI is InChI=1S/C12H21BO2/c1-7(2)5-12-6-14-10(11(13)15-12)9(12)8(3)4/h7-11H,5-6H2,1-4H3/t9-,10?,11-,12+/m1/s1. The van der Waals surface area contributed by atoms with Gasteiger partial charge in [-0.25, -0.2) is 0 Å². The zero-order chi connectivity index (χ0) is 11.2. The second-order valence-electron chi connectivity index (χ2n) is 5.79. The first-order chi connectivity index (χ1) is 6.96. The molecule has 0 aromatic rings. The van der Waals surface area contributed by atoms with Gasteiger partial charge in [-0.15, -0.1) is 0 Å². The third kappa shape index (κ3) is 1.74. The molecule has 0 spiro atoms. The van der Waals surface area contributed by atoms with Crippen LogP contribution in [0.3, 0.4) is 0 Å². The Hall–Kier alpha value is -0.0151. The van der Waals surface area contributed by atoms with E-state index in [2.05, 4.69) is 27.7 Å². The highest BCUT2D eigenvalue weighted by Gasteiger charge is 2.59. The van der Waals surface area contributed by atoms with Crippen LogP contribution < -0.4 is 0 Å². The van der Waals surface area contributed by atoms with E-state index < -0.39 is 0 Å². The fraction of sp³-hybridized carbons (Fsp3) is 1.00. The molecule has 0 aromatic heterocycles. The van der Waals surface area contributed by atoms with Crippen molar-refractivity contribution in [2.45, 2.75) is 51.8 Å². The summed E-state index contributed by atoms with van der Waals surface area (Å²) in [5.41, 5.74) is -0.105.